The van der Waals surface area contributed by atoms with E-state index in [-0.39, 0.29) is 6.61 Å². The SMILES string of the molecule is CCOC(=O)c1cnc2c(c(-c3ccccc3)nn2-c2ccccc2)c1OCC. The molecule has 0 fully saturated rings. The Hall–Kier alpha value is -3.67. The minimum Gasteiger partial charge on any atom is -0.492 e. The van der Waals surface area contributed by atoms with E-state index in [4.69, 9.17) is 14.6 Å². The van der Waals surface area contributed by atoms with Crippen molar-refractivity contribution in [3.8, 4) is 22.7 Å². The Labute approximate surface area is 168 Å². The maximum atomic E-state index is 12.5. The lowest BCUT2D eigenvalue weighted by atomic mass is 10.1. The monoisotopic (exact) mass is 387 g/mol. The van der Waals surface area contributed by atoms with Crippen molar-refractivity contribution in [3.63, 3.8) is 0 Å². The van der Waals surface area contributed by atoms with Crippen molar-refractivity contribution >= 4 is 17.0 Å². The van der Waals surface area contributed by atoms with Crippen LogP contribution in [0, 0.1) is 0 Å². The first-order valence-corrected chi connectivity index (χ1v) is 9.57. The van der Waals surface area contributed by atoms with E-state index in [0.717, 1.165) is 11.3 Å². The van der Waals surface area contributed by atoms with E-state index in [1.54, 1.807) is 11.6 Å². The van der Waals surface area contributed by atoms with Crippen LogP contribution in [0.2, 0.25) is 0 Å². The van der Waals surface area contributed by atoms with Gasteiger partial charge in [0.2, 0.25) is 0 Å². The van der Waals surface area contributed by atoms with Crippen molar-refractivity contribution in [2.45, 2.75) is 13.8 Å². The number of aromatic nitrogens is 3. The molecule has 4 aromatic rings. The second-order valence-corrected chi connectivity index (χ2v) is 6.32. The first kappa shape index (κ1) is 18.7. The molecular formula is C23H21N3O3. The van der Waals surface area contributed by atoms with Gasteiger partial charge in [0.25, 0.3) is 0 Å². The lowest BCUT2D eigenvalue weighted by molar-refractivity contribution is 0.0522. The van der Waals surface area contributed by atoms with E-state index >= 15 is 0 Å². The Morgan fingerprint density at radius 2 is 1.66 bits per heavy atom. The van der Waals surface area contributed by atoms with Crippen LogP contribution in [0.25, 0.3) is 28.0 Å². The van der Waals surface area contributed by atoms with Gasteiger partial charge in [-0.3, -0.25) is 0 Å². The topological polar surface area (TPSA) is 66.2 Å². The number of nitrogens with zero attached hydrogens (tertiary/aromatic N) is 3. The zero-order valence-corrected chi connectivity index (χ0v) is 16.3. The molecule has 6 nitrogen and oxygen atoms in total. The molecular weight excluding hydrogens is 366 g/mol. The van der Waals surface area contributed by atoms with Crippen molar-refractivity contribution in [2.24, 2.45) is 0 Å². The van der Waals surface area contributed by atoms with Crippen LogP contribution < -0.4 is 4.74 Å². The fourth-order valence-corrected chi connectivity index (χ4v) is 3.25. The summed E-state index contributed by atoms with van der Waals surface area (Å²) in [6.45, 7) is 4.32. The molecule has 2 heterocycles. The third-order valence-corrected chi connectivity index (χ3v) is 4.48. The van der Waals surface area contributed by atoms with Gasteiger partial charge >= 0.3 is 5.97 Å². The minimum atomic E-state index is -0.461. The third-order valence-electron chi connectivity index (χ3n) is 4.48. The number of carbonyl (C=O) groups is 1. The van der Waals surface area contributed by atoms with E-state index in [2.05, 4.69) is 4.98 Å². The van der Waals surface area contributed by atoms with Crippen LogP contribution in [0.4, 0.5) is 0 Å². The van der Waals surface area contributed by atoms with E-state index in [1.165, 1.54) is 6.20 Å². The number of esters is 1. The molecule has 0 N–H and O–H groups in total. The highest BCUT2D eigenvalue weighted by molar-refractivity contribution is 6.04. The Morgan fingerprint density at radius 1 is 0.966 bits per heavy atom. The fraction of sp³-hybridized carbons (Fsp3) is 0.174. The molecule has 0 bridgehead atoms. The van der Waals surface area contributed by atoms with Crippen molar-refractivity contribution in [1.82, 2.24) is 14.8 Å². The summed E-state index contributed by atoms with van der Waals surface area (Å²) < 4.78 is 12.9. The van der Waals surface area contributed by atoms with E-state index in [0.29, 0.717) is 34.6 Å². The van der Waals surface area contributed by atoms with Gasteiger partial charge in [0, 0.05) is 11.8 Å². The Bertz CT molecular complexity index is 1140. The van der Waals surface area contributed by atoms with Gasteiger partial charge in [-0.1, -0.05) is 48.5 Å². The van der Waals surface area contributed by atoms with E-state index in [1.807, 2.05) is 67.6 Å². The Balaban J connectivity index is 2.06. The number of fused-ring (bicyclic) bond motifs is 1. The van der Waals surface area contributed by atoms with Crippen molar-refractivity contribution < 1.29 is 14.3 Å². The summed E-state index contributed by atoms with van der Waals surface area (Å²) in [6, 6.07) is 19.6. The average molecular weight is 387 g/mol. The lowest BCUT2D eigenvalue weighted by Gasteiger charge is -2.11. The molecule has 146 valence electrons. The molecule has 0 radical (unpaired) electrons. The largest absolute Gasteiger partial charge is 0.492 e. The molecule has 0 aliphatic carbocycles. The molecule has 0 aliphatic rings. The van der Waals surface area contributed by atoms with Gasteiger partial charge in [-0.05, 0) is 26.0 Å². The molecule has 6 heteroatoms. The second kappa shape index (κ2) is 8.14. The van der Waals surface area contributed by atoms with Gasteiger partial charge < -0.3 is 9.47 Å². The highest BCUT2D eigenvalue weighted by atomic mass is 16.5. The molecule has 0 spiro atoms. The van der Waals surface area contributed by atoms with Crippen molar-refractivity contribution in [3.05, 3.63) is 72.4 Å². The average Bonchev–Trinajstić information content (AvgIpc) is 3.16. The van der Waals surface area contributed by atoms with Crippen LogP contribution in [0.5, 0.6) is 5.75 Å². The summed E-state index contributed by atoms with van der Waals surface area (Å²) in [4.78, 5) is 17.1. The summed E-state index contributed by atoms with van der Waals surface area (Å²) in [5.74, 6) is -0.0196. The van der Waals surface area contributed by atoms with Crippen LogP contribution in [-0.4, -0.2) is 33.9 Å². The van der Waals surface area contributed by atoms with Gasteiger partial charge in [0.1, 0.15) is 17.0 Å². The summed E-state index contributed by atoms with van der Waals surface area (Å²) in [6.07, 6.45) is 1.50. The summed E-state index contributed by atoms with van der Waals surface area (Å²) >= 11 is 0. The zero-order valence-electron chi connectivity index (χ0n) is 16.3. The number of para-hydroxylation sites is 1. The first-order valence-electron chi connectivity index (χ1n) is 9.57. The van der Waals surface area contributed by atoms with Gasteiger partial charge in [0.15, 0.2) is 5.65 Å². The number of ether oxygens (including phenoxy) is 2. The Morgan fingerprint density at radius 3 is 2.31 bits per heavy atom. The number of hydrogen-bond donors (Lipinski definition) is 0. The van der Waals surface area contributed by atoms with Crippen LogP contribution in [0.15, 0.2) is 66.9 Å². The van der Waals surface area contributed by atoms with Crippen LogP contribution in [0.1, 0.15) is 24.2 Å². The molecule has 0 unspecified atom stereocenters. The molecule has 4 rings (SSSR count). The fourth-order valence-electron chi connectivity index (χ4n) is 3.25. The third kappa shape index (κ3) is 3.45. The number of benzene rings is 2. The van der Waals surface area contributed by atoms with E-state index in [9.17, 15) is 4.79 Å². The van der Waals surface area contributed by atoms with Crippen molar-refractivity contribution in [1.29, 1.82) is 0 Å². The highest BCUT2D eigenvalue weighted by Crippen LogP contribution is 2.37. The van der Waals surface area contributed by atoms with E-state index < -0.39 is 5.97 Å². The smallest absolute Gasteiger partial charge is 0.343 e. The summed E-state index contributed by atoms with van der Waals surface area (Å²) in [7, 11) is 0. The van der Waals surface area contributed by atoms with Crippen molar-refractivity contribution in [2.75, 3.05) is 13.2 Å². The summed E-state index contributed by atoms with van der Waals surface area (Å²) in [5.41, 5.74) is 3.40. The molecule has 0 saturated carbocycles. The maximum absolute atomic E-state index is 12.5. The predicted molar refractivity (Wildman–Crippen MR) is 111 cm³/mol. The number of carbonyl (C=O) groups excluding carboxylic acids is 1. The van der Waals surface area contributed by atoms with Crippen LogP contribution in [-0.2, 0) is 4.74 Å². The predicted octanol–water partition coefficient (Wildman–Crippen LogP) is 4.66. The number of rotatable bonds is 6. The van der Waals surface area contributed by atoms with Crippen LogP contribution >= 0.6 is 0 Å². The Kier molecular flexibility index (Phi) is 5.24. The quantitative estimate of drug-likeness (QED) is 0.450. The van der Waals surface area contributed by atoms with Gasteiger partial charge in [-0.15, -0.1) is 0 Å². The number of pyridine rings is 1. The molecule has 2 aromatic heterocycles. The normalized spacial score (nSPS) is 10.8. The van der Waals surface area contributed by atoms with Gasteiger partial charge in [-0.2, -0.15) is 5.10 Å². The molecule has 0 amide bonds. The zero-order chi connectivity index (χ0) is 20.2. The van der Waals surface area contributed by atoms with Gasteiger partial charge in [0.05, 0.1) is 24.3 Å². The van der Waals surface area contributed by atoms with Crippen LogP contribution in [0.3, 0.4) is 0 Å². The number of hydrogen-bond acceptors (Lipinski definition) is 5. The van der Waals surface area contributed by atoms with Gasteiger partial charge in [-0.25, -0.2) is 14.5 Å². The molecule has 0 atom stereocenters. The standard InChI is InChI=1S/C23H21N3O3/c1-3-28-21-18(23(27)29-4-2)15-24-22-19(21)20(16-11-7-5-8-12-16)25-26(22)17-13-9-6-10-14-17/h5-15H,3-4H2,1-2H3. The molecule has 0 aliphatic heterocycles. The molecule has 29 heavy (non-hydrogen) atoms. The first-order chi connectivity index (χ1) is 14.2. The maximum Gasteiger partial charge on any atom is 0.343 e. The molecule has 2 aromatic carbocycles. The highest BCUT2D eigenvalue weighted by Gasteiger charge is 2.25. The second-order valence-electron chi connectivity index (χ2n) is 6.32. The molecule has 0 saturated heterocycles. The summed E-state index contributed by atoms with van der Waals surface area (Å²) in [5, 5.41) is 5.53. The lowest BCUT2D eigenvalue weighted by Crippen LogP contribution is -2.09. The minimum absolute atomic E-state index is 0.275.